The first kappa shape index (κ1) is 66.8. The first-order valence-electron chi connectivity index (χ1n) is 38.8. The summed E-state index contributed by atoms with van der Waals surface area (Å²) in [7, 11) is 0. The predicted molar refractivity (Wildman–Crippen MR) is 483 cm³/mol. The number of rotatable bonds is 9. The molecule has 0 unspecified atom stereocenters. The Bertz CT molecular complexity index is 7270. The van der Waals surface area contributed by atoms with Crippen molar-refractivity contribution in [1.29, 1.82) is 0 Å². The quantitative estimate of drug-likeness (QED) is 0.0998. The maximum Gasteiger partial charge on any atom is -0.00141 e. The molecule has 0 aliphatic heterocycles. The van der Waals surface area contributed by atoms with Gasteiger partial charge in [-0.05, 0) is 214 Å². The largest absolute Gasteiger partial charge is 0.0622 e. The molecule has 112 heavy (non-hydrogen) atoms. The van der Waals surface area contributed by atoms with Gasteiger partial charge in [-0.15, -0.1) is 0 Å². The molecule has 22 rings (SSSR count). The molecule has 0 heteroatoms. The molecule has 0 spiro atoms. The van der Waals surface area contributed by atoms with Gasteiger partial charge < -0.3 is 0 Å². The molecule has 0 nitrogen and oxygen atoms in total. The highest BCUT2D eigenvalue weighted by Crippen LogP contribution is 2.51. The van der Waals surface area contributed by atoms with Crippen LogP contribution in [0.5, 0.6) is 0 Å². The second-order valence-electron chi connectivity index (χ2n) is 29.1. The Morgan fingerprint density at radius 1 is 0.0893 bits per heavy atom. The minimum absolute atomic E-state index is 1.23. The van der Waals surface area contributed by atoms with E-state index < -0.39 is 0 Å². The van der Waals surface area contributed by atoms with Crippen LogP contribution in [-0.2, 0) is 0 Å². The van der Waals surface area contributed by atoms with E-state index in [9.17, 15) is 0 Å². The van der Waals surface area contributed by atoms with Gasteiger partial charge in [-0.3, -0.25) is 0 Å². The Morgan fingerprint density at radius 2 is 0.277 bits per heavy atom. The van der Waals surface area contributed by atoms with E-state index in [1.165, 1.54) is 208 Å². The Kier molecular flexibility index (Phi) is 17.4. The maximum atomic E-state index is 2.35. The highest BCUT2D eigenvalue weighted by atomic mass is 14.3. The van der Waals surface area contributed by atoms with Gasteiger partial charge in [0.05, 0.1) is 0 Å². The van der Waals surface area contributed by atoms with Crippen LogP contribution >= 0.6 is 0 Å². The number of benzene rings is 22. The Hall–Kier alpha value is -14.6. The molecule has 0 aliphatic carbocycles. The number of fused-ring (bicyclic) bond motifs is 13. The van der Waals surface area contributed by atoms with E-state index in [1.807, 2.05) is 0 Å². The smallest absolute Gasteiger partial charge is 0.00141 e. The van der Waals surface area contributed by atoms with Gasteiger partial charge in [-0.25, -0.2) is 0 Å². The highest BCUT2D eigenvalue weighted by Gasteiger charge is 2.23. The summed E-state index contributed by atoms with van der Waals surface area (Å²) in [4.78, 5) is 0. The summed E-state index contributed by atoms with van der Waals surface area (Å²) < 4.78 is 0. The molecule has 0 saturated carbocycles. The highest BCUT2D eigenvalue weighted by molar-refractivity contribution is 6.31. The summed E-state index contributed by atoms with van der Waals surface area (Å²) in [6.07, 6.45) is 0. The molecule has 522 valence electrons. The van der Waals surface area contributed by atoms with Crippen molar-refractivity contribution in [3.8, 4) is 100 Å². The van der Waals surface area contributed by atoms with Crippen LogP contribution < -0.4 is 0 Å². The molecule has 22 aromatic rings. The fraction of sp³-hybridized carbons (Fsp3) is 0. The van der Waals surface area contributed by atoms with Crippen molar-refractivity contribution in [2.75, 3.05) is 0 Å². The van der Waals surface area contributed by atoms with Gasteiger partial charge in [0.2, 0.25) is 0 Å². The Balaban J connectivity index is 0.000000111. The van der Waals surface area contributed by atoms with Gasteiger partial charge >= 0.3 is 0 Å². The molecule has 22 aromatic carbocycles. The zero-order valence-electron chi connectivity index (χ0n) is 61.7. The molecule has 0 aliphatic rings. The monoisotopic (exact) mass is 1420 g/mol. The summed E-state index contributed by atoms with van der Waals surface area (Å²) in [5, 5.41) is 25.7. The van der Waals surface area contributed by atoms with Gasteiger partial charge in [0.1, 0.15) is 0 Å². The molecular weight excluding hydrogens is 1350 g/mol. The molecule has 0 bridgehead atoms. The molecule has 0 aromatic heterocycles. The van der Waals surface area contributed by atoms with Crippen molar-refractivity contribution in [3.05, 3.63) is 449 Å². The average Bonchev–Trinajstić information content (AvgIpc) is 0.738. The molecule has 0 saturated heterocycles. The van der Waals surface area contributed by atoms with Crippen molar-refractivity contribution in [3.63, 3.8) is 0 Å². The first-order valence-corrected chi connectivity index (χ1v) is 38.8. The molecule has 0 atom stereocenters. The average molecular weight is 1420 g/mol. The molecule has 0 heterocycles. The van der Waals surface area contributed by atoms with Crippen LogP contribution in [0.1, 0.15) is 0 Å². The van der Waals surface area contributed by atoms with E-state index in [4.69, 9.17) is 0 Å². The zero-order chi connectivity index (χ0) is 74.3. The zero-order valence-corrected chi connectivity index (χ0v) is 61.7. The number of hydrogen-bond acceptors (Lipinski definition) is 0. The van der Waals surface area contributed by atoms with Crippen molar-refractivity contribution in [1.82, 2.24) is 0 Å². The lowest BCUT2D eigenvalue weighted by atomic mass is 9.83. The molecule has 0 N–H and O–H groups in total. The molecule has 0 radical (unpaired) electrons. The molecule has 0 amide bonds. The third-order valence-corrected chi connectivity index (χ3v) is 22.7. The van der Waals surface area contributed by atoms with E-state index >= 15 is 0 Å². The summed E-state index contributed by atoms with van der Waals surface area (Å²) in [6, 6.07) is 163. The van der Waals surface area contributed by atoms with E-state index in [0.29, 0.717) is 0 Å². The van der Waals surface area contributed by atoms with E-state index in [1.54, 1.807) is 0 Å². The summed E-state index contributed by atoms with van der Waals surface area (Å²) in [5.41, 5.74) is 22.7. The summed E-state index contributed by atoms with van der Waals surface area (Å²) in [5.74, 6) is 0. The SMILES string of the molecule is c1ccc(-c2c3ccccc3c(-c3ccccc3)c3c2ccc2ccccc23)cc1.c1ccc(-c2ccc(-c3c4ccccc4c(-c4ccc(-c5ccccc5)cc4)c4c3ccc3ccccc34)cc2)cc1.c1ccc(-c2ccc(-c3c4ccccc4c(-c4ccc5ccccc5c4)c4ccc5ccccc5c34)cc2)cc1. The van der Waals surface area contributed by atoms with Crippen molar-refractivity contribution >= 4 is 108 Å². The van der Waals surface area contributed by atoms with Crippen LogP contribution in [-0.4, -0.2) is 0 Å². The van der Waals surface area contributed by atoms with Crippen molar-refractivity contribution in [2.45, 2.75) is 0 Å². The lowest BCUT2D eigenvalue weighted by molar-refractivity contribution is 1.60. The van der Waals surface area contributed by atoms with Crippen LogP contribution in [0.4, 0.5) is 0 Å². The lowest BCUT2D eigenvalue weighted by Crippen LogP contribution is -1.92. The van der Waals surface area contributed by atoms with E-state index in [-0.39, 0.29) is 0 Å². The minimum atomic E-state index is 1.23. The second-order valence-corrected chi connectivity index (χ2v) is 29.1. The second kappa shape index (κ2) is 29.2. The summed E-state index contributed by atoms with van der Waals surface area (Å²) >= 11 is 0. The fourth-order valence-corrected chi connectivity index (χ4v) is 17.6. The third-order valence-electron chi connectivity index (χ3n) is 22.7. The third kappa shape index (κ3) is 12.2. The van der Waals surface area contributed by atoms with Gasteiger partial charge in [0, 0.05) is 0 Å². The normalized spacial score (nSPS) is 11.4. The molecular formula is C112H74. The minimum Gasteiger partial charge on any atom is -0.0622 e. The van der Waals surface area contributed by atoms with E-state index in [2.05, 4.69) is 449 Å². The maximum absolute atomic E-state index is 2.35. The first-order chi connectivity index (χ1) is 55.6. The van der Waals surface area contributed by atoms with E-state index in [0.717, 1.165) is 0 Å². The lowest BCUT2D eigenvalue weighted by Gasteiger charge is -2.20. The van der Waals surface area contributed by atoms with Gasteiger partial charge in [0.25, 0.3) is 0 Å². The van der Waals surface area contributed by atoms with Crippen molar-refractivity contribution < 1.29 is 0 Å². The van der Waals surface area contributed by atoms with Crippen LogP contribution in [0.3, 0.4) is 0 Å². The van der Waals surface area contributed by atoms with Crippen LogP contribution in [0.2, 0.25) is 0 Å². The Labute approximate surface area is 652 Å². The van der Waals surface area contributed by atoms with Crippen LogP contribution in [0.25, 0.3) is 208 Å². The molecule has 0 fully saturated rings. The predicted octanol–water partition coefficient (Wildman–Crippen LogP) is 31.6. The number of hydrogen-bond donors (Lipinski definition) is 0. The standard InChI is InChI=1S/C42H28.C40H26.C30H20/c1-3-11-29(12-4-1)31-19-23-34(24-20-31)40-37-17-9-10-18-38(37)41(42-36-16-8-7-15-33(36)27-28-39(40)42)35-25-21-32(22-26-35)30-13-5-2-6-14-30;1-2-10-27(11-3-1)29-18-21-31(22-19-29)39-36-17-9-8-16-35(36)38(33-23-20-28-12-4-5-14-32(28)26-33)37-25-24-30-13-6-7-15-34(30)40(37)39;1-3-12-22(13-4-1)28-25-17-9-10-18-26(25)29(23-14-5-2-6-15-23)30-24-16-8-7-11-21(24)19-20-27(28)30/h1-28H;1-26H;1-20H. The van der Waals surface area contributed by atoms with Gasteiger partial charge in [-0.2, -0.15) is 0 Å². The summed E-state index contributed by atoms with van der Waals surface area (Å²) in [6.45, 7) is 0. The Morgan fingerprint density at radius 3 is 0.598 bits per heavy atom. The van der Waals surface area contributed by atoms with Crippen molar-refractivity contribution in [2.24, 2.45) is 0 Å². The van der Waals surface area contributed by atoms with Gasteiger partial charge in [-0.1, -0.05) is 443 Å². The topological polar surface area (TPSA) is 0 Å². The van der Waals surface area contributed by atoms with Gasteiger partial charge in [0.15, 0.2) is 0 Å². The van der Waals surface area contributed by atoms with Crippen LogP contribution in [0, 0.1) is 0 Å². The fourth-order valence-electron chi connectivity index (χ4n) is 17.6. The van der Waals surface area contributed by atoms with Crippen LogP contribution in [0.15, 0.2) is 449 Å².